The summed E-state index contributed by atoms with van der Waals surface area (Å²) in [5, 5.41) is 9.46. The average molecular weight is 437 g/mol. The molecular weight excluding hydrogens is 416 g/mol. The Morgan fingerprint density at radius 2 is 1.62 bits per heavy atom. The third-order valence-corrected chi connectivity index (χ3v) is 5.91. The van der Waals surface area contributed by atoms with Crippen LogP contribution in [0.2, 0.25) is 0 Å². The Morgan fingerprint density at radius 3 is 2.34 bits per heavy atom. The summed E-state index contributed by atoms with van der Waals surface area (Å²) in [7, 11) is 0. The first-order valence-electron chi connectivity index (χ1n) is 10.2. The van der Waals surface area contributed by atoms with E-state index >= 15 is 0 Å². The maximum Gasteiger partial charge on any atom is 0.258 e. The standard InChI is InChI=1S/C26H20N4OS/c1-18-12-14-21(15-13-18)23-17-32-26-28-25(29-30(23)26)27-24(31)22(20-10-6-3-7-11-20)16-19-8-4-2-5-9-19/h2-17H,1H3,(H,27,29,31)/b22-16-. The number of nitrogens with one attached hydrogen (secondary N) is 1. The van der Waals surface area contributed by atoms with Crippen molar-refractivity contribution in [2.45, 2.75) is 6.92 Å². The van der Waals surface area contributed by atoms with Crippen LogP contribution in [0.1, 0.15) is 16.7 Å². The second-order valence-corrected chi connectivity index (χ2v) is 8.24. The highest BCUT2D eigenvalue weighted by Gasteiger charge is 2.17. The van der Waals surface area contributed by atoms with E-state index in [9.17, 15) is 4.79 Å². The molecule has 0 aliphatic rings. The first-order chi connectivity index (χ1) is 15.7. The average Bonchev–Trinajstić information content (AvgIpc) is 3.39. The number of aryl methyl sites for hydroxylation is 1. The predicted molar refractivity (Wildman–Crippen MR) is 130 cm³/mol. The molecule has 0 fully saturated rings. The lowest BCUT2D eigenvalue weighted by Crippen LogP contribution is -2.15. The van der Waals surface area contributed by atoms with E-state index in [0.29, 0.717) is 5.57 Å². The Bertz CT molecular complexity index is 1400. The quantitative estimate of drug-likeness (QED) is 0.274. The second kappa shape index (κ2) is 8.61. The number of carbonyl (C=O) groups is 1. The van der Waals surface area contributed by atoms with Crippen molar-refractivity contribution in [1.29, 1.82) is 0 Å². The van der Waals surface area contributed by atoms with Gasteiger partial charge >= 0.3 is 0 Å². The van der Waals surface area contributed by atoms with Gasteiger partial charge in [0.2, 0.25) is 4.96 Å². The number of thiazole rings is 1. The molecule has 156 valence electrons. The largest absolute Gasteiger partial charge is 0.289 e. The molecule has 0 saturated carbocycles. The van der Waals surface area contributed by atoms with Gasteiger partial charge in [0.05, 0.1) is 5.69 Å². The third-order valence-electron chi connectivity index (χ3n) is 5.09. The number of hydrogen-bond donors (Lipinski definition) is 1. The number of nitrogens with zero attached hydrogens (tertiary/aromatic N) is 3. The zero-order chi connectivity index (χ0) is 21.9. The van der Waals surface area contributed by atoms with Crippen LogP contribution in [0.5, 0.6) is 0 Å². The van der Waals surface area contributed by atoms with Crippen LogP contribution >= 0.6 is 11.3 Å². The molecule has 0 aliphatic heterocycles. The summed E-state index contributed by atoms with van der Waals surface area (Å²) in [5.41, 5.74) is 5.52. The maximum absolute atomic E-state index is 13.2. The number of amides is 1. The Morgan fingerprint density at radius 1 is 0.938 bits per heavy atom. The van der Waals surface area contributed by atoms with Crippen molar-refractivity contribution >= 4 is 39.8 Å². The van der Waals surface area contributed by atoms with Crippen molar-refractivity contribution in [2.24, 2.45) is 0 Å². The lowest BCUT2D eigenvalue weighted by Gasteiger charge is -2.07. The number of rotatable bonds is 5. The zero-order valence-electron chi connectivity index (χ0n) is 17.4. The van der Waals surface area contributed by atoms with Crippen molar-refractivity contribution in [1.82, 2.24) is 14.6 Å². The van der Waals surface area contributed by atoms with Gasteiger partial charge in [0.15, 0.2) is 0 Å². The van der Waals surface area contributed by atoms with Crippen LogP contribution in [-0.2, 0) is 4.79 Å². The van der Waals surface area contributed by atoms with Gasteiger partial charge in [0.25, 0.3) is 11.9 Å². The number of carbonyl (C=O) groups excluding carboxylic acids is 1. The van der Waals surface area contributed by atoms with Crippen LogP contribution < -0.4 is 5.32 Å². The van der Waals surface area contributed by atoms with E-state index in [1.54, 1.807) is 4.52 Å². The molecule has 0 radical (unpaired) electrons. The van der Waals surface area contributed by atoms with Gasteiger partial charge in [-0.2, -0.15) is 4.98 Å². The minimum absolute atomic E-state index is 0.254. The summed E-state index contributed by atoms with van der Waals surface area (Å²) < 4.78 is 1.77. The van der Waals surface area contributed by atoms with E-state index in [1.807, 2.05) is 72.1 Å². The molecule has 5 nitrogen and oxygen atoms in total. The summed E-state index contributed by atoms with van der Waals surface area (Å²) in [6.45, 7) is 2.06. The summed E-state index contributed by atoms with van der Waals surface area (Å²) in [6.07, 6.45) is 1.88. The van der Waals surface area contributed by atoms with Gasteiger partial charge in [-0.15, -0.1) is 16.4 Å². The molecule has 0 spiro atoms. The van der Waals surface area contributed by atoms with Crippen LogP contribution in [0.3, 0.4) is 0 Å². The van der Waals surface area contributed by atoms with Crippen LogP contribution in [0, 0.1) is 6.92 Å². The van der Waals surface area contributed by atoms with E-state index in [1.165, 1.54) is 16.9 Å². The highest BCUT2D eigenvalue weighted by atomic mass is 32.1. The van der Waals surface area contributed by atoms with Crippen molar-refractivity contribution in [3.8, 4) is 11.3 Å². The summed E-state index contributed by atoms with van der Waals surface area (Å²) in [6, 6.07) is 27.6. The van der Waals surface area contributed by atoms with Crippen LogP contribution in [0.25, 0.3) is 27.9 Å². The minimum Gasteiger partial charge on any atom is -0.289 e. The Balaban J connectivity index is 1.47. The Labute approximate surface area is 189 Å². The van der Waals surface area contributed by atoms with Gasteiger partial charge < -0.3 is 0 Å². The summed E-state index contributed by atoms with van der Waals surface area (Å²) >= 11 is 1.49. The van der Waals surface area contributed by atoms with Crippen LogP contribution in [-0.4, -0.2) is 20.5 Å². The fourth-order valence-electron chi connectivity index (χ4n) is 3.44. The number of anilines is 1. The smallest absolute Gasteiger partial charge is 0.258 e. The molecule has 5 rings (SSSR count). The molecule has 0 unspecified atom stereocenters. The number of benzene rings is 3. The first-order valence-corrected chi connectivity index (χ1v) is 11.1. The molecule has 32 heavy (non-hydrogen) atoms. The van der Waals surface area contributed by atoms with Crippen LogP contribution in [0.15, 0.2) is 90.3 Å². The Kier molecular flexibility index (Phi) is 5.35. The SMILES string of the molecule is Cc1ccc(-c2csc3nc(NC(=O)/C(=C\c4ccccc4)c4ccccc4)nn23)cc1. The first kappa shape index (κ1) is 19.9. The topological polar surface area (TPSA) is 59.3 Å². The zero-order valence-corrected chi connectivity index (χ0v) is 18.2. The molecule has 5 aromatic rings. The summed E-state index contributed by atoms with van der Waals surface area (Å²) in [5.74, 6) is 0.0281. The summed E-state index contributed by atoms with van der Waals surface area (Å²) in [4.78, 5) is 18.5. The molecule has 0 bridgehead atoms. The van der Waals surface area contributed by atoms with E-state index in [0.717, 1.165) is 27.3 Å². The maximum atomic E-state index is 13.2. The molecule has 2 aromatic heterocycles. The molecular formula is C26H20N4OS. The number of aromatic nitrogens is 3. The van der Waals surface area contributed by atoms with Crippen molar-refractivity contribution < 1.29 is 4.79 Å². The van der Waals surface area contributed by atoms with Crippen molar-refractivity contribution in [3.05, 3.63) is 107 Å². The third kappa shape index (κ3) is 4.08. The molecule has 3 aromatic carbocycles. The van der Waals surface area contributed by atoms with Crippen molar-refractivity contribution in [2.75, 3.05) is 5.32 Å². The van der Waals surface area contributed by atoms with Gasteiger partial charge in [-0.25, -0.2) is 4.52 Å². The van der Waals surface area contributed by atoms with Gasteiger partial charge in [0.1, 0.15) is 0 Å². The second-order valence-electron chi connectivity index (χ2n) is 7.41. The van der Waals surface area contributed by atoms with Crippen LogP contribution in [0.4, 0.5) is 5.95 Å². The predicted octanol–water partition coefficient (Wildman–Crippen LogP) is 5.95. The van der Waals surface area contributed by atoms with E-state index in [4.69, 9.17) is 0 Å². The van der Waals surface area contributed by atoms with Crippen molar-refractivity contribution in [3.63, 3.8) is 0 Å². The number of hydrogen-bond acceptors (Lipinski definition) is 4. The minimum atomic E-state index is -0.254. The number of fused-ring (bicyclic) bond motifs is 1. The molecule has 1 N–H and O–H groups in total. The van der Waals surface area contributed by atoms with E-state index in [-0.39, 0.29) is 11.9 Å². The molecule has 1 amide bonds. The highest BCUT2D eigenvalue weighted by Crippen LogP contribution is 2.27. The normalized spacial score (nSPS) is 11.6. The Hall–Kier alpha value is -4.03. The monoisotopic (exact) mass is 436 g/mol. The highest BCUT2D eigenvalue weighted by molar-refractivity contribution is 7.15. The molecule has 0 atom stereocenters. The lowest BCUT2D eigenvalue weighted by molar-refractivity contribution is -0.111. The van der Waals surface area contributed by atoms with Gasteiger partial charge in [-0.3, -0.25) is 10.1 Å². The molecule has 0 saturated heterocycles. The molecule has 6 heteroatoms. The molecule has 0 aliphatic carbocycles. The fraction of sp³-hybridized carbons (Fsp3) is 0.0385. The van der Waals surface area contributed by atoms with Gasteiger partial charge in [-0.05, 0) is 24.1 Å². The van der Waals surface area contributed by atoms with E-state index < -0.39 is 0 Å². The van der Waals surface area contributed by atoms with E-state index in [2.05, 4.69) is 46.6 Å². The fourth-order valence-corrected chi connectivity index (χ4v) is 4.27. The molecule has 2 heterocycles. The van der Waals surface area contributed by atoms with Gasteiger partial charge in [0, 0.05) is 16.5 Å². The van der Waals surface area contributed by atoms with Gasteiger partial charge in [-0.1, -0.05) is 90.5 Å². The lowest BCUT2D eigenvalue weighted by atomic mass is 10.0.